The number of rotatable bonds is 3. The van der Waals surface area contributed by atoms with Gasteiger partial charge in [0.1, 0.15) is 0 Å². The number of benzene rings is 1. The molecule has 2 atom stereocenters. The van der Waals surface area contributed by atoms with Crippen LogP contribution in [0.4, 0.5) is 0 Å². The lowest BCUT2D eigenvalue weighted by Crippen LogP contribution is -2.26. The van der Waals surface area contributed by atoms with Crippen molar-refractivity contribution in [1.29, 1.82) is 5.26 Å². The zero-order chi connectivity index (χ0) is 11.4. The smallest absolute Gasteiger partial charge is 0.178 e. The van der Waals surface area contributed by atoms with Crippen molar-refractivity contribution in [3.8, 4) is 6.07 Å². The highest BCUT2D eigenvalue weighted by Gasteiger charge is 2.38. The molecule has 0 aromatic heterocycles. The molecule has 1 aromatic rings. The molecule has 2 rings (SSSR count). The Kier molecular flexibility index (Phi) is 3.23. The number of nitriles is 1. The second-order valence-electron chi connectivity index (χ2n) is 4.35. The summed E-state index contributed by atoms with van der Waals surface area (Å²) in [6.45, 7) is 0.535. The fourth-order valence-corrected chi connectivity index (χ4v) is 2.17. The van der Waals surface area contributed by atoms with Crippen molar-refractivity contribution in [3.63, 3.8) is 0 Å². The van der Waals surface area contributed by atoms with Crippen LogP contribution in [0.5, 0.6) is 0 Å². The van der Waals surface area contributed by atoms with Gasteiger partial charge in [-0.1, -0.05) is 30.3 Å². The maximum absolute atomic E-state index is 9.89. The summed E-state index contributed by atoms with van der Waals surface area (Å²) < 4.78 is 5.30. The van der Waals surface area contributed by atoms with Gasteiger partial charge in [-0.05, 0) is 17.9 Å². The van der Waals surface area contributed by atoms with Crippen LogP contribution in [0.25, 0.3) is 0 Å². The van der Waals surface area contributed by atoms with Gasteiger partial charge in [-0.15, -0.1) is 0 Å². The summed E-state index contributed by atoms with van der Waals surface area (Å²) in [5.41, 5.74) is 1.25. The molecule has 0 aliphatic carbocycles. The van der Waals surface area contributed by atoms with Crippen molar-refractivity contribution in [2.24, 2.45) is 5.92 Å². The molecular formula is C13H15NO2. The summed E-state index contributed by atoms with van der Waals surface area (Å²) in [5.74, 6) is -0.908. The van der Waals surface area contributed by atoms with E-state index in [1.807, 2.05) is 24.3 Å². The van der Waals surface area contributed by atoms with Gasteiger partial charge in [0.2, 0.25) is 0 Å². The molecule has 1 saturated heterocycles. The largest absolute Gasteiger partial charge is 0.365 e. The minimum absolute atomic E-state index is 0.0539. The van der Waals surface area contributed by atoms with Crippen molar-refractivity contribution < 1.29 is 9.84 Å². The van der Waals surface area contributed by atoms with Crippen LogP contribution in [-0.2, 0) is 11.2 Å². The molecule has 0 radical (unpaired) electrons. The molecule has 0 amide bonds. The van der Waals surface area contributed by atoms with Crippen LogP contribution in [0.15, 0.2) is 30.3 Å². The van der Waals surface area contributed by atoms with Crippen LogP contribution in [0.3, 0.4) is 0 Å². The molecule has 1 aliphatic heterocycles. The third-order valence-electron chi connectivity index (χ3n) is 2.92. The Hall–Kier alpha value is -1.37. The van der Waals surface area contributed by atoms with Crippen LogP contribution in [0, 0.1) is 17.2 Å². The molecule has 1 aromatic carbocycles. The van der Waals surface area contributed by atoms with E-state index in [1.165, 1.54) is 5.56 Å². The lowest BCUT2D eigenvalue weighted by molar-refractivity contribution is -0.166. The highest BCUT2D eigenvalue weighted by molar-refractivity contribution is 5.15. The Labute approximate surface area is 95.3 Å². The Morgan fingerprint density at radius 2 is 2.19 bits per heavy atom. The molecule has 1 aliphatic rings. The standard InChI is InChI=1S/C13H15NO2/c14-7-6-13(15)9-12(10-16-13)8-11-4-2-1-3-5-11/h1-5,12,15H,6,8-10H2. The van der Waals surface area contributed by atoms with Crippen molar-refractivity contribution in [2.45, 2.75) is 25.0 Å². The first-order chi connectivity index (χ1) is 7.72. The zero-order valence-electron chi connectivity index (χ0n) is 9.10. The van der Waals surface area contributed by atoms with E-state index in [0.717, 1.165) is 6.42 Å². The Bertz CT molecular complexity index is 385. The van der Waals surface area contributed by atoms with E-state index >= 15 is 0 Å². The topological polar surface area (TPSA) is 53.2 Å². The van der Waals surface area contributed by atoms with E-state index in [2.05, 4.69) is 12.1 Å². The average molecular weight is 217 g/mol. The van der Waals surface area contributed by atoms with Crippen LogP contribution in [-0.4, -0.2) is 17.5 Å². The molecule has 16 heavy (non-hydrogen) atoms. The van der Waals surface area contributed by atoms with Crippen molar-refractivity contribution in [3.05, 3.63) is 35.9 Å². The first kappa shape index (κ1) is 11.1. The summed E-state index contributed by atoms with van der Waals surface area (Å²) in [7, 11) is 0. The van der Waals surface area contributed by atoms with Crippen LogP contribution in [0.1, 0.15) is 18.4 Å². The first-order valence-corrected chi connectivity index (χ1v) is 5.49. The monoisotopic (exact) mass is 217 g/mol. The van der Waals surface area contributed by atoms with Gasteiger partial charge in [0, 0.05) is 6.42 Å². The van der Waals surface area contributed by atoms with Crippen LogP contribution >= 0.6 is 0 Å². The minimum Gasteiger partial charge on any atom is -0.365 e. The molecule has 3 heteroatoms. The molecule has 1 N–H and O–H groups in total. The number of hydrogen-bond acceptors (Lipinski definition) is 3. The summed E-state index contributed by atoms with van der Waals surface area (Å²) in [6.07, 6.45) is 1.50. The third-order valence-corrected chi connectivity index (χ3v) is 2.92. The Morgan fingerprint density at radius 1 is 1.44 bits per heavy atom. The van der Waals surface area contributed by atoms with Crippen LogP contribution in [0.2, 0.25) is 0 Å². The number of nitrogens with zero attached hydrogens (tertiary/aromatic N) is 1. The van der Waals surface area contributed by atoms with Crippen molar-refractivity contribution in [2.75, 3.05) is 6.61 Å². The first-order valence-electron chi connectivity index (χ1n) is 5.49. The maximum Gasteiger partial charge on any atom is 0.178 e. The summed E-state index contributed by atoms with van der Waals surface area (Å²) >= 11 is 0. The molecule has 2 unspecified atom stereocenters. The highest BCUT2D eigenvalue weighted by atomic mass is 16.6. The van der Waals surface area contributed by atoms with E-state index in [-0.39, 0.29) is 6.42 Å². The van der Waals surface area contributed by atoms with Crippen LogP contribution < -0.4 is 0 Å². The fourth-order valence-electron chi connectivity index (χ4n) is 2.17. The average Bonchev–Trinajstić information content (AvgIpc) is 2.62. The minimum atomic E-state index is -1.21. The van der Waals surface area contributed by atoms with Gasteiger partial charge in [0.15, 0.2) is 5.79 Å². The Balaban J connectivity index is 1.93. The van der Waals surface area contributed by atoms with Crippen molar-refractivity contribution in [1.82, 2.24) is 0 Å². The molecule has 1 fully saturated rings. The Morgan fingerprint density at radius 3 is 2.88 bits per heavy atom. The fraction of sp³-hybridized carbons (Fsp3) is 0.462. The summed E-state index contributed by atoms with van der Waals surface area (Å²) in [4.78, 5) is 0. The van der Waals surface area contributed by atoms with Gasteiger partial charge in [-0.3, -0.25) is 0 Å². The number of ether oxygens (including phenoxy) is 1. The maximum atomic E-state index is 9.89. The number of hydrogen-bond donors (Lipinski definition) is 1. The molecule has 0 bridgehead atoms. The molecular weight excluding hydrogens is 202 g/mol. The van der Waals surface area contributed by atoms with Gasteiger partial charge in [-0.25, -0.2) is 0 Å². The van der Waals surface area contributed by atoms with E-state index in [1.54, 1.807) is 0 Å². The molecule has 84 valence electrons. The third kappa shape index (κ3) is 2.60. The molecule has 0 saturated carbocycles. The predicted molar refractivity (Wildman–Crippen MR) is 59.4 cm³/mol. The van der Waals surface area contributed by atoms with Gasteiger partial charge in [0.25, 0.3) is 0 Å². The zero-order valence-corrected chi connectivity index (χ0v) is 9.10. The van der Waals surface area contributed by atoms with Gasteiger partial charge >= 0.3 is 0 Å². The summed E-state index contributed by atoms with van der Waals surface area (Å²) in [5, 5.41) is 18.5. The highest BCUT2D eigenvalue weighted by Crippen LogP contribution is 2.32. The van der Waals surface area contributed by atoms with Gasteiger partial charge < -0.3 is 9.84 Å². The van der Waals surface area contributed by atoms with Gasteiger partial charge in [0.05, 0.1) is 19.1 Å². The lowest BCUT2D eigenvalue weighted by atomic mass is 9.94. The normalized spacial score (nSPS) is 28.9. The van der Waals surface area contributed by atoms with E-state index < -0.39 is 5.79 Å². The second-order valence-corrected chi connectivity index (χ2v) is 4.35. The quantitative estimate of drug-likeness (QED) is 0.840. The molecule has 0 spiro atoms. The molecule has 1 heterocycles. The molecule has 3 nitrogen and oxygen atoms in total. The predicted octanol–water partition coefficient (Wildman–Crippen LogP) is 1.87. The summed E-state index contributed by atoms with van der Waals surface area (Å²) in [6, 6.07) is 12.1. The SMILES string of the molecule is N#CCC1(O)CC(Cc2ccccc2)CO1. The van der Waals surface area contributed by atoms with Gasteiger partial charge in [-0.2, -0.15) is 5.26 Å². The van der Waals surface area contributed by atoms with E-state index in [9.17, 15) is 5.11 Å². The second kappa shape index (κ2) is 4.65. The lowest BCUT2D eigenvalue weighted by Gasteiger charge is -2.17. The van der Waals surface area contributed by atoms with Crippen molar-refractivity contribution >= 4 is 0 Å². The van der Waals surface area contributed by atoms with E-state index in [4.69, 9.17) is 10.00 Å². The van der Waals surface area contributed by atoms with E-state index in [0.29, 0.717) is 18.9 Å². The number of aliphatic hydroxyl groups is 1.